The zero-order valence-electron chi connectivity index (χ0n) is 14.6. The van der Waals surface area contributed by atoms with Crippen LogP contribution in [0.2, 0.25) is 0 Å². The van der Waals surface area contributed by atoms with Crippen molar-refractivity contribution in [1.82, 2.24) is 20.2 Å². The molecule has 2 aromatic heterocycles. The number of nitriles is 1. The van der Waals surface area contributed by atoms with Crippen LogP contribution < -0.4 is 16.0 Å². The van der Waals surface area contributed by atoms with Crippen LogP contribution in [0.5, 0.6) is 0 Å². The predicted octanol–water partition coefficient (Wildman–Crippen LogP) is 0.612. The van der Waals surface area contributed by atoms with Crippen molar-refractivity contribution in [2.75, 3.05) is 43.9 Å². The topological polar surface area (TPSA) is 111 Å². The molecule has 0 radical (unpaired) electrons. The van der Waals surface area contributed by atoms with Gasteiger partial charge in [-0.15, -0.1) is 0 Å². The molecule has 1 fully saturated rings. The van der Waals surface area contributed by atoms with E-state index in [2.05, 4.69) is 31.2 Å². The molecule has 2 aromatic rings. The Bertz CT molecular complexity index is 838. The largest absolute Gasteiger partial charge is 0.384 e. The van der Waals surface area contributed by atoms with Gasteiger partial charge < -0.3 is 16.0 Å². The normalized spacial score (nSPS) is 14.7. The first kappa shape index (κ1) is 17.6. The maximum atomic E-state index is 11.7. The monoisotopic (exact) mass is 351 g/mol. The van der Waals surface area contributed by atoms with E-state index in [4.69, 9.17) is 5.73 Å². The van der Waals surface area contributed by atoms with Crippen molar-refractivity contribution in [1.29, 1.82) is 5.26 Å². The summed E-state index contributed by atoms with van der Waals surface area (Å²) < 4.78 is 0. The smallest absolute Gasteiger partial charge is 0.269 e. The predicted molar refractivity (Wildman–Crippen MR) is 98.5 cm³/mol. The number of anilines is 2. The zero-order valence-corrected chi connectivity index (χ0v) is 14.6. The maximum Gasteiger partial charge on any atom is 0.269 e. The molecule has 0 aromatic carbocycles. The average molecular weight is 351 g/mol. The van der Waals surface area contributed by atoms with Crippen LogP contribution in [0.25, 0.3) is 0 Å². The van der Waals surface area contributed by atoms with Crippen molar-refractivity contribution in [3.63, 3.8) is 0 Å². The average Bonchev–Trinajstić information content (AvgIpc) is 2.67. The minimum atomic E-state index is -0.297. The van der Waals surface area contributed by atoms with Gasteiger partial charge in [0.05, 0.1) is 5.69 Å². The van der Waals surface area contributed by atoms with Crippen molar-refractivity contribution >= 4 is 17.4 Å². The molecule has 0 aliphatic carbocycles. The number of nitrogens with one attached hydrogen (secondary N) is 1. The van der Waals surface area contributed by atoms with Crippen LogP contribution >= 0.6 is 0 Å². The van der Waals surface area contributed by atoms with Crippen LogP contribution in [0.4, 0.5) is 11.5 Å². The van der Waals surface area contributed by atoms with Gasteiger partial charge in [0, 0.05) is 46.0 Å². The number of carbonyl (C=O) groups excluding carboxylic acids is 1. The summed E-state index contributed by atoms with van der Waals surface area (Å²) in [5.74, 6) is 0.233. The second-order valence-electron chi connectivity index (χ2n) is 6.11. The minimum Gasteiger partial charge on any atom is -0.384 e. The number of hydrogen-bond donors (Lipinski definition) is 2. The summed E-state index contributed by atoms with van der Waals surface area (Å²) in [4.78, 5) is 24.4. The lowest BCUT2D eigenvalue weighted by Gasteiger charge is -2.36. The van der Waals surface area contributed by atoms with Gasteiger partial charge in [-0.05, 0) is 29.8 Å². The van der Waals surface area contributed by atoms with Crippen molar-refractivity contribution in [3.8, 4) is 6.07 Å². The van der Waals surface area contributed by atoms with E-state index >= 15 is 0 Å². The number of nitrogens with zero attached hydrogens (tertiary/aromatic N) is 5. The summed E-state index contributed by atoms with van der Waals surface area (Å²) in [6.07, 6.45) is 1.72. The standard InChI is InChI=1S/C18H21N7O/c1-21-18(26)14-2-3-16(15(11-19)23-14)25-8-6-24(7-9-25)12-13-4-5-22-17(20)10-13/h2-5,10H,6-9,12H2,1H3,(H2,20,22)(H,21,26). The molecule has 8 heteroatoms. The Balaban J connectivity index is 1.66. The molecule has 1 aliphatic rings. The third-order valence-electron chi connectivity index (χ3n) is 4.40. The molecule has 3 N–H and O–H groups in total. The number of nitrogen functional groups attached to an aromatic ring is 1. The molecule has 0 bridgehead atoms. The fraction of sp³-hybridized carbons (Fsp3) is 0.333. The van der Waals surface area contributed by atoms with E-state index in [1.807, 2.05) is 12.1 Å². The molecule has 1 saturated heterocycles. The number of nitrogens with two attached hydrogens (primary N) is 1. The Hall–Kier alpha value is -3.18. The van der Waals surface area contributed by atoms with Gasteiger partial charge in [0.25, 0.3) is 5.91 Å². The van der Waals surface area contributed by atoms with E-state index < -0.39 is 0 Å². The SMILES string of the molecule is CNC(=O)c1ccc(N2CCN(Cc3ccnc(N)c3)CC2)c(C#N)n1. The van der Waals surface area contributed by atoms with Gasteiger partial charge in [-0.3, -0.25) is 9.69 Å². The highest BCUT2D eigenvalue weighted by molar-refractivity contribution is 5.92. The third-order valence-corrected chi connectivity index (χ3v) is 4.40. The summed E-state index contributed by atoms with van der Waals surface area (Å²) in [6, 6.07) is 9.42. The van der Waals surface area contributed by atoms with Crippen molar-refractivity contribution in [2.45, 2.75) is 6.54 Å². The Kier molecular flexibility index (Phi) is 5.29. The molecule has 134 valence electrons. The van der Waals surface area contributed by atoms with Crippen LogP contribution in [0, 0.1) is 11.3 Å². The van der Waals surface area contributed by atoms with Crippen LogP contribution in [-0.4, -0.2) is 54.0 Å². The van der Waals surface area contributed by atoms with Crippen LogP contribution in [0.1, 0.15) is 21.7 Å². The van der Waals surface area contributed by atoms with E-state index in [-0.39, 0.29) is 17.3 Å². The van der Waals surface area contributed by atoms with Gasteiger partial charge in [0.1, 0.15) is 17.6 Å². The van der Waals surface area contributed by atoms with Gasteiger partial charge in [0.2, 0.25) is 0 Å². The molecule has 0 saturated carbocycles. The quantitative estimate of drug-likeness (QED) is 0.830. The molecule has 0 unspecified atom stereocenters. The Labute approximate surface area is 152 Å². The second-order valence-corrected chi connectivity index (χ2v) is 6.11. The third kappa shape index (κ3) is 3.90. The molecular formula is C18H21N7O. The first-order valence-corrected chi connectivity index (χ1v) is 8.41. The Morgan fingerprint density at radius 2 is 2.08 bits per heavy atom. The molecule has 1 amide bonds. The van der Waals surface area contributed by atoms with Gasteiger partial charge in [-0.2, -0.15) is 5.26 Å². The van der Waals surface area contributed by atoms with Crippen LogP contribution in [0.15, 0.2) is 30.5 Å². The summed E-state index contributed by atoms with van der Waals surface area (Å²) in [6.45, 7) is 4.13. The first-order valence-electron chi connectivity index (χ1n) is 8.41. The van der Waals surface area contributed by atoms with Crippen LogP contribution in [0.3, 0.4) is 0 Å². The number of rotatable bonds is 4. The number of piperazine rings is 1. The maximum absolute atomic E-state index is 11.7. The summed E-state index contributed by atoms with van der Waals surface area (Å²) in [7, 11) is 1.54. The fourth-order valence-corrected chi connectivity index (χ4v) is 3.04. The van der Waals surface area contributed by atoms with E-state index in [0.29, 0.717) is 5.82 Å². The number of amides is 1. The lowest BCUT2D eigenvalue weighted by Crippen LogP contribution is -2.46. The van der Waals surface area contributed by atoms with Crippen molar-refractivity contribution in [3.05, 3.63) is 47.4 Å². The molecule has 1 aliphatic heterocycles. The van der Waals surface area contributed by atoms with Crippen LogP contribution in [-0.2, 0) is 6.54 Å². The number of pyridine rings is 2. The van der Waals surface area contributed by atoms with Gasteiger partial charge in [-0.1, -0.05) is 0 Å². The number of carbonyl (C=O) groups is 1. The molecule has 0 spiro atoms. The second kappa shape index (κ2) is 7.80. The number of hydrogen-bond acceptors (Lipinski definition) is 7. The Morgan fingerprint density at radius 3 is 2.73 bits per heavy atom. The van der Waals surface area contributed by atoms with E-state index in [9.17, 15) is 10.1 Å². The summed E-state index contributed by atoms with van der Waals surface area (Å²) in [5, 5.41) is 11.9. The minimum absolute atomic E-state index is 0.252. The molecular weight excluding hydrogens is 330 g/mol. The molecule has 3 rings (SSSR count). The fourth-order valence-electron chi connectivity index (χ4n) is 3.04. The molecule has 8 nitrogen and oxygen atoms in total. The number of aromatic nitrogens is 2. The summed E-state index contributed by atoms with van der Waals surface area (Å²) in [5.41, 5.74) is 8.17. The molecule has 26 heavy (non-hydrogen) atoms. The van der Waals surface area contributed by atoms with Crippen molar-refractivity contribution < 1.29 is 4.79 Å². The van der Waals surface area contributed by atoms with Gasteiger partial charge >= 0.3 is 0 Å². The highest BCUT2D eigenvalue weighted by atomic mass is 16.1. The van der Waals surface area contributed by atoms with E-state index in [0.717, 1.165) is 44.0 Å². The van der Waals surface area contributed by atoms with Gasteiger partial charge in [0.15, 0.2) is 5.69 Å². The Morgan fingerprint density at radius 1 is 1.31 bits per heavy atom. The highest BCUT2D eigenvalue weighted by Gasteiger charge is 2.21. The van der Waals surface area contributed by atoms with Crippen molar-refractivity contribution in [2.24, 2.45) is 0 Å². The lowest BCUT2D eigenvalue weighted by molar-refractivity contribution is 0.0958. The van der Waals surface area contributed by atoms with E-state index in [1.165, 1.54) is 0 Å². The highest BCUT2D eigenvalue weighted by Crippen LogP contribution is 2.21. The first-order chi connectivity index (χ1) is 12.6. The summed E-state index contributed by atoms with van der Waals surface area (Å²) >= 11 is 0. The van der Waals surface area contributed by atoms with E-state index in [1.54, 1.807) is 25.4 Å². The van der Waals surface area contributed by atoms with Gasteiger partial charge in [-0.25, -0.2) is 9.97 Å². The lowest BCUT2D eigenvalue weighted by atomic mass is 10.2. The zero-order chi connectivity index (χ0) is 18.5. The molecule has 0 atom stereocenters. The molecule has 3 heterocycles.